The molecule has 1 aliphatic heterocycles. The smallest absolute Gasteiger partial charge is 0.416 e. The number of barbiturate groups is 1. The van der Waals surface area contributed by atoms with Crippen LogP contribution in [0.3, 0.4) is 0 Å². The van der Waals surface area contributed by atoms with Crippen molar-refractivity contribution in [2.24, 2.45) is 10.9 Å². The normalized spacial score (nSPS) is 17.1. The summed E-state index contributed by atoms with van der Waals surface area (Å²) < 4.78 is 43.5. The minimum absolute atomic E-state index is 0.178. The van der Waals surface area contributed by atoms with Crippen molar-refractivity contribution in [2.75, 3.05) is 12.0 Å². The van der Waals surface area contributed by atoms with Crippen molar-refractivity contribution in [1.29, 1.82) is 0 Å². The fourth-order valence-electron chi connectivity index (χ4n) is 2.78. The number of amides is 4. The van der Waals surface area contributed by atoms with E-state index in [4.69, 9.17) is 0 Å². The van der Waals surface area contributed by atoms with Gasteiger partial charge in [0.25, 0.3) is 5.91 Å². The first kappa shape index (κ1) is 21.7. The Labute approximate surface area is 173 Å². The minimum Gasteiger partial charge on any atom is -0.465 e. The number of imide groups is 2. The molecule has 1 N–H and O–H groups in total. The number of aliphatic imine (C=N–C) groups is 1. The maximum absolute atomic E-state index is 13.0. The first-order valence-electron chi connectivity index (χ1n) is 8.70. The quantitative estimate of drug-likeness (QED) is 0.453. The summed E-state index contributed by atoms with van der Waals surface area (Å²) in [5, 5.41) is 1.92. The van der Waals surface area contributed by atoms with Crippen molar-refractivity contribution < 1.29 is 37.1 Å². The molecule has 2 aromatic rings. The molecule has 11 heteroatoms. The van der Waals surface area contributed by atoms with Gasteiger partial charge in [-0.25, -0.2) is 14.5 Å². The molecule has 2 aromatic carbocycles. The SMILES string of the molecule is COC(=O)c1cccc(N=C[C@@H]2C(=O)NC(=O)N(c3cccc(C(F)(F)F)c3)C2=O)c1. The first-order valence-corrected chi connectivity index (χ1v) is 8.70. The fourth-order valence-corrected chi connectivity index (χ4v) is 2.78. The van der Waals surface area contributed by atoms with E-state index in [9.17, 15) is 32.3 Å². The summed E-state index contributed by atoms with van der Waals surface area (Å²) in [6.45, 7) is 0. The molecular weight excluding hydrogens is 419 g/mol. The summed E-state index contributed by atoms with van der Waals surface area (Å²) in [5.41, 5.74) is -1.02. The van der Waals surface area contributed by atoms with Crippen molar-refractivity contribution in [2.45, 2.75) is 6.18 Å². The predicted molar refractivity (Wildman–Crippen MR) is 102 cm³/mol. The second-order valence-corrected chi connectivity index (χ2v) is 6.31. The van der Waals surface area contributed by atoms with Gasteiger partial charge in [0.15, 0.2) is 5.92 Å². The van der Waals surface area contributed by atoms with E-state index in [0.717, 1.165) is 24.4 Å². The Bertz CT molecular complexity index is 1100. The van der Waals surface area contributed by atoms with E-state index < -0.39 is 41.5 Å². The Morgan fingerprint density at radius 1 is 1.13 bits per heavy atom. The number of methoxy groups -OCH3 is 1. The van der Waals surface area contributed by atoms with E-state index in [0.29, 0.717) is 11.0 Å². The van der Waals surface area contributed by atoms with Crippen LogP contribution in [-0.2, 0) is 20.5 Å². The highest BCUT2D eigenvalue weighted by Crippen LogP contribution is 2.32. The average Bonchev–Trinajstić information content (AvgIpc) is 2.72. The molecule has 1 saturated heterocycles. The molecule has 3 rings (SSSR count). The van der Waals surface area contributed by atoms with Gasteiger partial charge in [0.2, 0.25) is 5.91 Å². The number of carbonyl (C=O) groups is 4. The number of nitrogens with one attached hydrogen (secondary N) is 1. The van der Waals surface area contributed by atoms with E-state index in [2.05, 4.69) is 9.73 Å². The lowest BCUT2D eigenvalue weighted by atomic mass is 10.0. The standard InChI is InChI=1S/C20H14F3N3O5/c1-31-18(29)11-4-2-6-13(8-11)24-10-15-16(27)25-19(30)26(17(15)28)14-7-3-5-12(9-14)20(21,22)23/h2-10,15H,1H3,(H,25,27,30)/t15-/m1/s1. The highest BCUT2D eigenvalue weighted by Gasteiger charge is 2.41. The van der Waals surface area contributed by atoms with Gasteiger partial charge in [-0.15, -0.1) is 0 Å². The first-order chi connectivity index (χ1) is 14.6. The van der Waals surface area contributed by atoms with Gasteiger partial charge in [-0.1, -0.05) is 12.1 Å². The number of anilines is 1. The molecule has 160 valence electrons. The Kier molecular flexibility index (Phi) is 5.86. The Hall–Kier alpha value is -4.02. The number of nitrogens with zero attached hydrogens (tertiary/aromatic N) is 2. The van der Waals surface area contributed by atoms with Crippen LogP contribution in [-0.4, -0.2) is 37.1 Å². The van der Waals surface area contributed by atoms with Gasteiger partial charge in [0, 0.05) is 6.21 Å². The molecule has 8 nitrogen and oxygen atoms in total. The summed E-state index contributed by atoms with van der Waals surface area (Å²) in [6.07, 6.45) is -3.74. The Balaban J connectivity index is 1.90. The molecule has 31 heavy (non-hydrogen) atoms. The number of esters is 1. The maximum atomic E-state index is 13.0. The molecular formula is C20H14F3N3O5. The van der Waals surface area contributed by atoms with Crippen LogP contribution in [0.4, 0.5) is 29.3 Å². The predicted octanol–water partition coefficient (Wildman–Crippen LogP) is 3.09. The lowest BCUT2D eigenvalue weighted by Crippen LogP contribution is -2.58. The van der Waals surface area contributed by atoms with Crippen LogP contribution in [0.15, 0.2) is 53.5 Å². The molecule has 0 aliphatic carbocycles. The van der Waals surface area contributed by atoms with E-state index in [1.807, 2.05) is 5.32 Å². The van der Waals surface area contributed by atoms with Crippen molar-refractivity contribution in [1.82, 2.24) is 5.32 Å². The number of halogens is 3. The molecule has 0 unspecified atom stereocenters. The molecule has 0 radical (unpaired) electrons. The molecule has 0 saturated carbocycles. The van der Waals surface area contributed by atoms with Crippen molar-refractivity contribution in [3.63, 3.8) is 0 Å². The molecule has 0 spiro atoms. The summed E-state index contributed by atoms with van der Waals surface area (Å²) in [5.74, 6) is -4.24. The number of ether oxygens (including phenoxy) is 1. The van der Waals surface area contributed by atoms with Crippen LogP contribution in [0.25, 0.3) is 0 Å². The fraction of sp³-hybridized carbons (Fsp3) is 0.150. The zero-order valence-corrected chi connectivity index (χ0v) is 15.8. The van der Waals surface area contributed by atoms with Crippen molar-refractivity contribution in [3.05, 3.63) is 59.7 Å². The summed E-state index contributed by atoms with van der Waals surface area (Å²) in [7, 11) is 1.20. The second-order valence-electron chi connectivity index (χ2n) is 6.31. The zero-order chi connectivity index (χ0) is 22.8. The van der Waals surface area contributed by atoms with Gasteiger partial charge < -0.3 is 4.74 Å². The number of hydrogen-bond donors (Lipinski definition) is 1. The lowest BCUT2D eigenvalue weighted by Gasteiger charge is -2.28. The molecule has 0 bridgehead atoms. The number of urea groups is 1. The van der Waals surface area contributed by atoms with Gasteiger partial charge in [-0.2, -0.15) is 13.2 Å². The van der Waals surface area contributed by atoms with Crippen LogP contribution in [0.5, 0.6) is 0 Å². The Morgan fingerprint density at radius 3 is 2.52 bits per heavy atom. The average molecular weight is 433 g/mol. The molecule has 1 heterocycles. The third kappa shape index (κ3) is 4.60. The summed E-state index contributed by atoms with van der Waals surface area (Å²) in [4.78, 5) is 53.1. The highest BCUT2D eigenvalue weighted by atomic mass is 19.4. The van der Waals surface area contributed by atoms with Crippen LogP contribution in [0.1, 0.15) is 15.9 Å². The van der Waals surface area contributed by atoms with E-state index in [1.165, 1.54) is 31.4 Å². The van der Waals surface area contributed by atoms with E-state index >= 15 is 0 Å². The number of hydrogen-bond acceptors (Lipinski definition) is 6. The molecule has 1 aliphatic rings. The monoisotopic (exact) mass is 433 g/mol. The van der Waals surface area contributed by atoms with E-state index in [-0.39, 0.29) is 16.9 Å². The van der Waals surface area contributed by atoms with Crippen LogP contribution in [0, 0.1) is 5.92 Å². The summed E-state index contributed by atoms with van der Waals surface area (Å²) in [6, 6.07) is 8.22. The zero-order valence-electron chi connectivity index (χ0n) is 15.8. The molecule has 1 fully saturated rings. The second kappa shape index (κ2) is 8.38. The van der Waals surface area contributed by atoms with Gasteiger partial charge in [0.05, 0.1) is 29.6 Å². The van der Waals surface area contributed by atoms with Crippen LogP contribution >= 0.6 is 0 Å². The Morgan fingerprint density at radius 2 is 1.84 bits per heavy atom. The maximum Gasteiger partial charge on any atom is 0.416 e. The number of carbonyl (C=O) groups excluding carboxylic acids is 4. The van der Waals surface area contributed by atoms with Crippen LogP contribution in [0.2, 0.25) is 0 Å². The third-order valence-electron chi connectivity index (χ3n) is 4.27. The van der Waals surface area contributed by atoms with Crippen molar-refractivity contribution >= 4 is 41.4 Å². The topological polar surface area (TPSA) is 105 Å². The van der Waals surface area contributed by atoms with Gasteiger partial charge >= 0.3 is 18.2 Å². The van der Waals surface area contributed by atoms with Gasteiger partial charge in [0.1, 0.15) is 0 Å². The molecule has 0 aromatic heterocycles. The van der Waals surface area contributed by atoms with Gasteiger partial charge in [-0.3, -0.25) is 19.9 Å². The number of benzene rings is 2. The number of alkyl halides is 3. The number of rotatable bonds is 4. The van der Waals surface area contributed by atoms with Crippen molar-refractivity contribution in [3.8, 4) is 0 Å². The third-order valence-corrected chi connectivity index (χ3v) is 4.27. The molecule has 4 amide bonds. The van der Waals surface area contributed by atoms with Crippen LogP contribution < -0.4 is 10.2 Å². The summed E-state index contributed by atoms with van der Waals surface area (Å²) >= 11 is 0. The lowest BCUT2D eigenvalue weighted by molar-refractivity contribution is -0.138. The molecule has 1 atom stereocenters. The minimum atomic E-state index is -4.69. The van der Waals surface area contributed by atoms with Gasteiger partial charge in [-0.05, 0) is 36.4 Å². The largest absolute Gasteiger partial charge is 0.465 e. The van der Waals surface area contributed by atoms with E-state index in [1.54, 1.807) is 0 Å². The highest BCUT2D eigenvalue weighted by molar-refractivity contribution is 6.32.